The second-order valence-electron chi connectivity index (χ2n) is 9.35. The third-order valence-electron chi connectivity index (χ3n) is 7.65. The zero-order chi connectivity index (χ0) is 20.1. The molecule has 2 unspecified atom stereocenters. The maximum atomic E-state index is 9.81. The van der Waals surface area contributed by atoms with E-state index in [0.29, 0.717) is 35.3 Å². The van der Waals surface area contributed by atoms with E-state index in [1.165, 1.54) is 45.2 Å². The van der Waals surface area contributed by atoms with Crippen LogP contribution >= 0.6 is 0 Å². The molecule has 4 aliphatic rings. The van der Waals surface area contributed by atoms with Crippen molar-refractivity contribution in [2.75, 3.05) is 24.5 Å². The van der Waals surface area contributed by atoms with E-state index in [4.69, 9.17) is 4.42 Å². The normalized spacial score (nSPS) is 30.8. The van der Waals surface area contributed by atoms with Gasteiger partial charge >= 0.3 is 0 Å². The summed E-state index contributed by atoms with van der Waals surface area (Å²) in [6, 6.07) is 13.3. The van der Waals surface area contributed by atoms with E-state index in [0.717, 1.165) is 24.6 Å². The molecule has 0 N–H and O–H groups in total. The molecular weight excluding hydrogens is 372 g/mol. The first kappa shape index (κ1) is 18.2. The molecule has 3 aliphatic heterocycles. The second kappa shape index (κ2) is 7.28. The first-order chi connectivity index (χ1) is 14.8. The van der Waals surface area contributed by atoms with Gasteiger partial charge in [-0.2, -0.15) is 10.2 Å². The number of anilines is 1. The Morgan fingerprint density at radius 1 is 1.10 bits per heavy atom. The van der Waals surface area contributed by atoms with Crippen LogP contribution < -0.4 is 4.90 Å². The molecule has 2 aromatic rings. The first-order valence-electron chi connectivity index (χ1n) is 11.5. The number of oxazole rings is 1. The molecule has 30 heavy (non-hydrogen) atoms. The number of rotatable bonds is 2. The summed E-state index contributed by atoms with van der Waals surface area (Å²) >= 11 is 0. The molecule has 2 bridgehead atoms. The van der Waals surface area contributed by atoms with Crippen molar-refractivity contribution < 1.29 is 4.42 Å². The summed E-state index contributed by atoms with van der Waals surface area (Å²) in [5.41, 5.74) is 2.92. The molecule has 0 saturated carbocycles. The van der Waals surface area contributed by atoms with Gasteiger partial charge in [-0.15, -0.1) is 0 Å². The molecule has 0 spiro atoms. The van der Waals surface area contributed by atoms with Crippen molar-refractivity contribution in [3.63, 3.8) is 0 Å². The number of piperidine rings is 3. The van der Waals surface area contributed by atoms with Gasteiger partial charge in [-0.3, -0.25) is 4.90 Å². The zero-order valence-corrected chi connectivity index (χ0v) is 17.3. The zero-order valence-electron chi connectivity index (χ0n) is 17.3. The quantitative estimate of drug-likeness (QED) is 0.689. The summed E-state index contributed by atoms with van der Waals surface area (Å²) in [5, 5.41) is 9.81. The van der Waals surface area contributed by atoms with E-state index in [-0.39, 0.29) is 0 Å². The van der Waals surface area contributed by atoms with Gasteiger partial charge in [0, 0.05) is 24.7 Å². The fourth-order valence-corrected chi connectivity index (χ4v) is 6.49. The van der Waals surface area contributed by atoms with Crippen LogP contribution in [0.3, 0.4) is 0 Å². The van der Waals surface area contributed by atoms with E-state index >= 15 is 0 Å². The van der Waals surface area contributed by atoms with E-state index in [2.05, 4.69) is 26.9 Å². The minimum Gasteiger partial charge on any atom is -0.419 e. The van der Waals surface area contributed by atoms with Gasteiger partial charge in [0.15, 0.2) is 0 Å². The minimum atomic E-state index is 0.349. The van der Waals surface area contributed by atoms with Crippen LogP contribution in [0.1, 0.15) is 44.2 Å². The number of nitriles is 1. The Bertz CT molecular complexity index is 1000. The lowest BCUT2D eigenvalue weighted by atomic mass is 9.68. The summed E-state index contributed by atoms with van der Waals surface area (Å²) in [6.45, 7) is 3.36. The summed E-state index contributed by atoms with van der Waals surface area (Å²) in [5.74, 6) is 2.54. The molecule has 1 aliphatic carbocycles. The predicted molar refractivity (Wildman–Crippen MR) is 116 cm³/mol. The van der Waals surface area contributed by atoms with Crippen molar-refractivity contribution >= 4 is 5.88 Å². The number of benzene rings is 1. The molecule has 4 atom stereocenters. The van der Waals surface area contributed by atoms with Gasteiger partial charge in [-0.25, -0.2) is 0 Å². The summed E-state index contributed by atoms with van der Waals surface area (Å²) < 4.78 is 6.28. The fraction of sp³-hybridized carbons (Fsp3) is 0.520. The van der Waals surface area contributed by atoms with Crippen LogP contribution in [-0.2, 0) is 0 Å². The molecule has 3 fully saturated rings. The third-order valence-corrected chi connectivity index (χ3v) is 7.65. The summed E-state index contributed by atoms with van der Waals surface area (Å²) in [7, 11) is 0. The Morgan fingerprint density at radius 2 is 2.00 bits per heavy atom. The van der Waals surface area contributed by atoms with E-state index in [9.17, 15) is 5.26 Å². The Labute approximate surface area is 178 Å². The molecule has 4 heterocycles. The Morgan fingerprint density at radius 3 is 2.87 bits per heavy atom. The smallest absolute Gasteiger partial charge is 0.235 e. The molecule has 3 saturated heterocycles. The highest BCUT2D eigenvalue weighted by Crippen LogP contribution is 2.46. The Balaban J connectivity index is 1.38. The minimum absolute atomic E-state index is 0.349. The molecule has 154 valence electrons. The van der Waals surface area contributed by atoms with Crippen LogP contribution in [0.25, 0.3) is 11.5 Å². The highest BCUT2D eigenvalue weighted by molar-refractivity contribution is 5.60. The number of aromatic nitrogens is 1. The van der Waals surface area contributed by atoms with Crippen molar-refractivity contribution in [1.82, 2.24) is 9.88 Å². The maximum absolute atomic E-state index is 9.81. The topological polar surface area (TPSA) is 56.3 Å². The van der Waals surface area contributed by atoms with Gasteiger partial charge in [-0.05, 0) is 62.6 Å². The van der Waals surface area contributed by atoms with Gasteiger partial charge in [0.25, 0.3) is 0 Å². The van der Waals surface area contributed by atoms with Crippen molar-refractivity contribution in [3.8, 4) is 17.5 Å². The van der Waals surface area contributed by atoms with Crippen molar-refractivity contribution in [1.29, 1.82) is 5.26 Å². The van der Waals surface area contributed by atoms with Crippen LogP contribution in [-0.4, -0.2) is 41.6 Å². The van der Waals surface area contributed by atoms with Crippen LogP contribution in [0.4, 0.5) is 5.88 Å². The van der Waals surface area contributed by atoms with Gasteiger partial charge < -0.3 is 9.32 Å². The standard InChI is InChI=1S/C25H28N4O/c26-15-21-25(30-24(27-21)17-7-2-1-3-8-17)29-12-6-9-18-13-19-14-20(23(18)29)16-28-11-5-4-10-22(19)28/h1-3,7-8,13,19-20,22-23H,4-6,9-12,14,16H2/t19?,20?,22-,23-/m1/s1. The molecule has 0 radical (unpaired) electrons. The Kier molecular flexibility index (Phi) is 4.42. The molecule has 5 heteroatoms. The van der Waals surface area contributed by atoms with Crippen LogP contribution in [0.15, 0.2) is 46.4 Å². The largest absolute Gasteiger partial charge is 0.419 e. The molecule has 5 nitrogen and oxygen atoms in total. The number of fused-ring (bicyclic) bond motifs is 6. The second-order valence-corrected chi connectivity index (χ2v) is 9.35. The molecule has 0 amide bonds. The summed E-state index contributed by atoms with van der Waals surface area (Å²) in [4.78, 5) is 9.68. The van der Waals surface area contributed by atoms with Gasteiger partial charge in [0.1, 0.15) is 6.07 Å². The lowest BCUT2D eigenvalue weighted by molar-refractivity contribution is 0.0306. The van der Waals surface area contributed by atoms with Crippen LogP contribution in [0, 0.1) is 23.2 Å². The highest BCUT2D eigenvalue weighted by Gasteiger charge is 2.47. The van der Waals surface area contributed by atoms with Gasteiger partial charge in [0.05, 0.1) is 6.04 Å². The number of hydrogen-bond donors (Lipinski definition) is 0. The summed E-state index contributed by atoms with van der Waals surface area (Å²) in [6.07, 6.45) is 10.2. The van der Waals surface area contributed by atoms with Crippen LogP contribution in [0.5, 0.6) is 0 Å². The SMILES string of the molecule is N#Cc1nc(-c2ccccc2)oc1N1CCCC2=CC3CC(CN4CCCC[C@H]34)[C@@H]21. The average Bonchev–Trinajstić information content (AvgIpc) is 3.24. The van der Waals surface area contributed by atoms with E-state index in [1.54, 1.807) is 5.57 Å². The average molecular weight is 401 g/mol. The van der Waals surface area contributed by atoms with E-state index in [1.807, 2.05) is 30.3 Å². The lowest BCUT2D eigenvalue weighted by Gasteiger charge is -2.54. The van der Waals surface area contributed by atoms with Gasteiger partial charge in [0.2, 0.25) is 17.5 Å². The van der Waals surface area contributed by atoms with Crippen LogP contribution in [0.2, 0.25) is 0 Å². The molecule has 1 aromatic carbocycles. The highest BCUT2D eigenvalue weighted by atomic mass is 16.4. The first-order valence-corrected chi connectivity index (χ1v) is 11.5. The monoisotopic (exact) mass is 400 g/mol. The fourth-order valence-electron chi connectivity index (χ4n) is 6.49. The third kappa shape index (κ3) is 2.89. The maximum Gasteiger partial charge on any atom is 0.235 e. The molecule has 6 rings (SSSR count). The Hall–Kier alpha value is -2.58. The van der Waals surface area contributed by atoms with Crippen molar-refractivity contribution in [2.24, 2.45) is 11.8 Å². The number of nitrogens with zero attached hydrogens (tertiary/aromatic N) is 4. The van der Waals surface area contributed by atoms with Crippen molar-refractivity contribution in [2.45, 2.75) is 50.6 Å². The van der Waals surface area contributed by atoms with Gasteiger partial charge in [-0.1, -0.05) is 36.3 Å². The number of hydrogen-bond acceptors (Lipinski definition) is 5. The molecule has 1 aromatic heterocycles. The van der Waals surface area contributed by atoms with Crippen molar-refractivity contribution in [3.05, 3.63) is 47.7 Å². The lowest BCUT2D eigenvalue weighted by Crippen LogP contribution is -2.59. The van der Waals surface area contributed by atoms with E-state index < -0.39 is 0 Å². The molecular formula is C25H28N4O. The predicted octanol–water partition coefficient (Wildman–Crippen LogP) is 4.61.